The van der Waals surface area contributed by atoms with Crippen molar-refractivity contribution in [1.82, 2.24) is 0 Å². The number of benzene rings is 4. The highest BCUT2D eigenvalue weighted by Crippen LogP contribution is 2.49. The third-order valence-corrected chi connectivity index (χ3v) is 29.9. The van der Waals surface area contributed by atoms with E-state index < -0.39 is 0 Å². The molecule has 4 aliphatic rings. The average Bonchev–Trinajstić information content (AvgIpc) is 0.762. The van der Waals surface area contributed by atoms with Gasteiger partial charge in [-0.1, -0.05) is 291 Å². The zero-order valence-electron chi connectivity index (χ0n) is 87.5. The molecule has 720 valence electrons. The first kappa shape index (κ1) is 111. The number of carbonyl (C=O) groups excluding carboxylic acids is 2. The van der Waals surface area contributed by atoms with Crippen LogP contribution in [0.25, 0.3) is 0 Å². The lowest BCUT2D eigenvalue weighted by atomic mass is 9.83. The molecule has 12 atom stereocenters. The van der Waals surface area contributed by atoms with Crippen molar-refractivity contribution in [3.05, 3.63) is 91.0 Å². The SMILES string of the molecule is CC(=O)Oc1c(C)c(C)c2c(c1C)CCC(C)(CCCC(C)CCCC(C)CCCC(C)C)O2.CC(=O)Oc1c(C)c(C)c2c(c1C)CC[C@@](C)(CCC[C@H](C)CCC[C@H](C)CCCC(C)C)O2.Cc1cc(O)cc2c1OC(C)(CCCC(C)CCCC(C)CCCC(C)C)CC2.Cc1cc(O)cc2c1O[C@](C)(CCC[C@H](C)CCC[C@H](C)CCCC(C)C)CC2. The molecule has 4 heterocycles. The Morgan fingerprint density at radius 3 is 0.722 bits per heavy atom. The minimum atomic E-state index is -0.262. The number of aryl methyl sites for hydroxylation is 4. The number of aromatic hydroxyl groups is 2. The highest BCUT2D eigenvalue weighted by atomic mass is 16.5. The molecule has 10 heteroatoms. The smallest absolute Gasteiger partial charge is 0.308 e. The fraction of sp³-hybridized carbons (Fsp3) is 0.776. The monoisotopic (exact) mass is 1750 g/mol. The Morgan fingerprint density at radius 2 is 0.500 bits per heavy atom. The van der Waals surface area contributed by atoms with Gasteiger partial charge in [-0.15, -0.1) is 0 Å². The summed E-state index contributed by atoms with van der Waals surface area (Å²) in [5.41, 5.74) is 12.9. The van der Waals surface area contributed by atoms with Crippen molar-refractivity contribution < 1.29 is 48.2 Å². The van der Waals surface area contributed by atoms with Gasteiger partial charge in [0.05, 0.1) is 0 Å². The van der Waals surface area contributed by atoms with Crippen molar-refractivity contribution in [2.45, 2.75) is 513 Å². The molecular weight excluding hydrogens is 1550 g/mol. The number of phenols is 2. The van der Waals surface area contributed by atoms with E-state index >= 15 is 0 Å². The van der Waals surface area contributed by atoms with E-state index in [0.29, 0.717) is 11.5 Å². The zero-order chi connectivity index (χ0) is 93.8. The van der Waals surface area contributed by atoms with E-state index in [1.807, 2.05) is 52.0 Å². The molecule has 10 nitrogen and oxygen atoms in total. The second-order valence-electron chi connectivity index (χ2n) is 45.4. The van der Waals surface area contributed by atoms with E-state index in [1.54, 1.807) is 0 Å². The van der Waals surface area contributed by atoms with E-state index in [2.05, 4.69) is 166 Å². The summed E-state index contributed by atoms with van der Waals surface area (Å²) in [6, 6.07) is 7.37. The average molecular weight is 1750 g/mol. The van der Waals surface area contributed by atoms with Gasteiger partial charge < -0.3 is 38.6 Å². The molecule has 8 rings (SSSR count). The number of phenolic OH excluding ortho intramolecular Hbond substituents is 2. The normalized spacial score (nSPS) is 20.1. The Hall–Kier alpha value is -5.38. The van der Waals surface area contributed by atoms with Gasteiger partial charge >= 0.3 is 11.9 Å². The van der Waals surface area contributed by atoms with Crippen LogP contribution in [-0.4, -0.2) is 44.6 Å². The lowest BCUT2D eigenvalue weighted by Crippen LogP contribution is -2.37. The van der Waals surface area contributed by atoms with Crippen LogP contribution in [0.1, 0.15) is 476 Å². The zero-order valence-corrected chi connectivity index (χ0v) is 87.5. The van der Waals surface area contributed by atoms with Gasteiger partial charge in [0.15, 0.2) is 0 Å². The molecule has 0 fully saturated rings. The Balaban J connectivity index is 0.000000299. The Labute approximate surface area is 776 Å². The topological polar surface area (TPSA) is 130 Å². The summed E-state index contributed by atoms with van der Waals surface area (Å²) < 4.78 is 37.3. The number of carbonyl (C=O) groups is 2. The van der Waals surface area contributed by atoms with E-state index in [9.17, 15) is 19.8 Å². The number of esters is 2. The molecule has 4 aromatic carbocycles. The molecule has 6 unspecified atom stereocenters. The van der Waals surface area contributed by atoms with Crippen molar-refractivity contribution in [1.29, 1.82) is 0 Å². The van der Waals surface area contributed by atoms with Crippen molar-refractivity contribution in [3.8, 4) is 46.0 Å². The van der Waals surface area contributed by atoms with Crippen LogP contribution in [-0.2, 0) is 35.3 Å². The maximum absolute atomic E-state index is 11.6. The van der Waals surface area contributed by atoms with Crippen molar-refractivity contribution in [2.75, 3.05) is 0 Å². The maximum atomic E-state index is 11.6. The van der Waals surface area contributed by atoms with Gasteiger partial charge in [-0.2, -0.15) is 0 Å². The first-order valence-electron chi connectivity index (χ1n) is 52.3. The molecule has 0 amide bonds. The standard InChI is InChI=1S/2C31H52O3.2C27H46O2/c2*1-21(2)13-10-14-22(3)15-11-16-23(4)17-12-19-31(9)20-18-28-26(7)29(33-27(8)32)24(5)25(6)30(28)34-31;2*1-20(2)10-7-11-21(3)12-8-13-22(4)14-9-16-27(6)17-15-24-19-25(28)18-23(5)26(24)29-27/h2*21-23H,10-20H2,1-9H3;2*18-22,28H,7-17H2,1-6H3/t22-,23-,31-;;21-,22-,27-;/m1.1./s1. The molecule has 4 aromatic rings. The van der Waals surface area contributed by atoms with E-state index in [-0.39, 0.29) is 34.3 Å². The molecule has 0 saturated carbocycles. The van der Waals surface area contributed by atoms with Crippen molar-refractivity contribution in [2.24, 2.45) is 71.0 Å². The molecule has 0 bridgehead atoms. The first-order chi connectivity index (χ1) is 59.2. The predicted octanol–water partition coefficient (Wildman–Crippen LogP) is 34.6. The minimum Gasteiger partial charge on any atom is -0.508 e. The summed E-state index contributed by atoms with van der Waals surface area (Å²) in [4.78, 5) is 23.2. The molecule has 0 saturated heterocycles. The summed E-state index contributed by atoms with van der Waals surface area (Å²) in [6.45, 7) is 66.6. The van der Waals surface area contributed by atoms with Gasteiger partial charge in [0.2, 0.25) is 0 Å². The van der Waals surface area contributed by atoms with Gasteiger partial charge in [0, 0.05) is 25.0 Å². The van der Waals surface area contributed by atoms with E-state index in [1.165, 1.54) is 230 Å². The van der Waals surface area contributed by atoms with Gasteiger partial charge in [-0.25, -0.2) is 0 Å². The summed E-state index contributed by atoms with van der Waals surface area (Å²) in [6.07, 6.45) is 55.9. The van der Waals surface area contributed by atoms with Crippen molar-refractivity contribution >= 4 is 11.9 Å². The second kappa shape index (κ2) is 55.2. The second-order valence-corrected chi connectivity index (χ2v) is 45.4. The van der Waals surface area contributed by atoms with E-state index in [4.69, 9.17) is 28.4 Å². The van der Waals surface area contributed by atoms with Gasteiger partial charge in [0.25, 0.3) is 0 Å². The lowest BCUT2D eigenvalue weighted by Gasteiger charge is -2.38. The van der Waals surface area contributed by atoms with Crippen LogP contribution in [0.2, 0.25) is 0 Å². The molecular formula is C116H196O10. The van der Waals surface area contributed by atoms with E-state index in [0.717, 1.165) is 238 Å². The summed E-state index contributed by atoms with van der Waals surface area (Å²) in [7, 11) is 0. The number of fused-ring (bicyclic) bond motifs is 4. The first-order valence-corrected chi connectivity index (χ1v) is 52.3. The highest BCUT2D eigenvalue weighted by Gasteiger charge is 2.39. The number of ether oxygens (including phenoxy) is 6. The van der Waals surface area contributed by atoms with Crippen LogP contribution in [0, 0.1) is 126 Å². The quantitative estimate of drug-likeness (QED) is 0.0326. The lowest BCUT2D eigenvalue weighted by molar-refractivity contribution is -0.132. The minimum absolute atomic E-state index is 0.0562. The number of rotatable bonds is 50. The third kappa shape index (κ3) is 40.0. The molecule has 4 aliphatic heterocycles. The van der Waals surface area contributed by atoms with Crippen LogP contribution < -0.4 is 28.4 Å². The molecule has 0 radical (unpaired) electrons. The van der Waals surface area contributed by atoms with Gasteiger partial charge in [0.1, 0.15) is 68.4 Å². The van der Waals surface area contributed by atoms with Crippen molar-refractivity contribution in [3.63, 3.8) is 0 Å². The molecule has 126 heavy (non-hydrogen) atoms. The number of hydrogen-bond acceptors (Lipinski definition) is 10. The van der Waals surface area contributed by atoms with Crippen LogP contribution in [0.3, 0.4) is 0 Å². The third-order valence-electron chi connectivity index (χ3n) is 29.9. The fourth-order valence-corrected chi connectivity index (χ4v) is 20.8. The Kier molecular flexibility index (Phi) is 48.7. The maximum Gasteiger partial charge on any atom is 0.308 e. The predicted molar refractivity (Wildman–Crippen MR) is 538 cm³/mol. The van der Waals surface area contributed by atoms with Crippen LogP contribution >= 0.6 is 0 Å². The molecule has 0 spiro atoms. The molecule has 2 N–H and O–H groups in total. The number of hydrogen-bond donors (Lipinski definition) is 2. The summed E-state index contributed by atoms with van der Waals surface area (Å²) in [5, 5.41) is 19.6. The molecule has 0 aliphatic carbocycles. The molecule has 0 aromatic heterocycles. The summed E-state index contributed by atoms with van der Waals surface area (Å²) >= 11 is 0. The van der Waals surface area contributed by atoms with Gasteiger partial charge in [-0.05, 0) is 337 Å². The largest absolute Gasteiger partial charge is 0.508 e. The van der Waals surface area contributed by atoms with Crippen LogP contribution in [0.5, 0.6) is 46.0 Å². The summed E-state index contributed by atoms with van der Waals surface area (Å²) in [5.74, 6) is 15.8. The van der Waals surface area contributed by atoms with Gasteiger partial charge in [-0.3, -0.25) is 9.59 Å². The Morgan fingerprint density at radius 1 is 0.294 bits per heavy atom. The fourth-order valence-electron chi connectivity index (χ4n) is 20.8. The highest BCUT2D eigenvalue weighted by molar-refractivity contribution is 5.73. The Bertz CT molecular complexity index is 3590. The van der Waals surface area contributed by atoms with Crippen LogP contribution in [0.15, 0.2) is 24.3 Å². The van der Waals surface area contributed by atoms with Crippen LogP contribution in [0.4, 0.5) is 0 Å².